The lowest BCUT2D eigenvalue weighted by atomic mass is 9.95. The number of aliphatic hydroxyl groups excluding tert-OH is 1. The van der Waals surface area contributed by atoms with Gasteiger partial charge in [-0.1, -0.05) is 48.5 Å². The largest absolute Gasteiger partial charge is 0.508 e. The third-order valence-corrected chi connectivity index (χ3v) is 5.45. The molecule has 5 heteroatoms. The Morgan fingerprint density at radius 3 is 2.27 bits per heavy atom. The van der Waals surface area contributed by atoms with Crippen LogP contribution in [-0.2, 0) is 9.59 Å². The van der Waals surface area contributed by atoms with Gasteiger partial charge in [-0.25, -0.2) is 0 Å². The number of carbonyl (C=O) groups is 2. The lowest BCUT2D eigenvalue weighted by Crippen LogP contribution is -2.29. The molecular weight excluding hydrogens is 378 g/mol. The molecule has 5 nitrogen and oxygen atoms in total. The highest BCUT2D eigenvalue weighted by Gasteiger charge is 2.47. The van der Waals surface area contributed by atoms with Gasteiger partial charge in [0.2, 0.25) is 0 Å². The molecule has 2 N–H and O–H groups in total. The van der Waals surface area contributed by atoms with Gasteiger partial charge in [-0.3, -0.25) is 14.5 Å². The highest BCUT2D eigenvalue weighted by atomic mass is 16.3. The first-order valence-electron chi connectivity index (χ1n) is 9.61. The maximum atomic E-state index is 13.1. The Labute approximate surface area is 174 Å². The molecule has 0 bridgehead atoms. The van der Waals surface area contributed by atoms with E-state index >= 15 is 0 Å². The number of phenolic OH excluding ortho intramolecular Hbond substituents is 1. The van der Waals surface area contributed by atoms with Crippen molar-refractivity contribution >= 4 is 23.1 Å². The molecule has 3 aromatic rings. The molecule has 1 aliphatic rings. The Balaban J connectivity index is 1.97. The van der Waals surface area contributed by atoms with Crippen LogP contribution in [0.1, 0.15) is 28.3 Å². The van der Waals surface area contributed by atoms with Crippen LogP contribution in [-0.4, -0.2) is 21.9 Å². The number of hydrogen-bond acceptors (Lipinski definition) is 4. The molecule has 30 heavy (non-hydrogen) atoms. The molecule has 3 aromatic carbocycles. The van der Waals surface area contributed by atoms with Crippen LogP contribution in [0.2, 0.25) is 0 Å². The molecule has 150 valence electrons. The normalized spacial score (nSPS) is 18.1. The van der Waals surface area contributed by atoms with E-state index in [1.165, 1.54) is 17.0 Å². The minimum atomic E-state index is -0.862. The predicted octanol–water partition coefficient (Wildman–Crippen LogP) is 4.64. The summed E-state index contributed by atoms with van der Waals surface area (Å²) < 4.78 is 0. The maximum Gasteiger partial charge on any atom is 0.300 e. The van der Waals surface area contributed by atoms with Gasteiger partial charge in [-0.05, 0) is 54.8 Å². The minimum absolute atomic E-state index is 0.00460. The molecule has 4 rings (SSSR count). The summed E-state index contributed by atoms with van der Waals surface area (Å²) >= 11 is 0. The number of benzene rings is 3. The van der Waals surface area contributed by atoms with Crippen LogP contribution in [0.15, 0.2) is 78.4 Å². The first-order chi connectivity index (χ1) is 14.4. The molecule has 1 aliphatic heterocycles. The van der Waals surface area contributed by atoms with E-state index in [9.17, 15) is 19.8 Å². The van der Waals surface area contributed by atoms with Gasteiger partial charge in [0.25, 0.3) is 11.7 Å². The second-order valence-electron chi connectivity index (χ2n) is 7.40. The number of anilines is 1. The van der Waals surface area contributed by atoms with E-state index in [1.807, 2.05) is 26.0 Å². The summed E-state index contributed by atoms with van der Waals surface area (Å²) in [5.74, 6) is -1.71. The number of carbonyl (C=O) groups excluding carboxylic acids is 2. The Bertz CT molecular complexity index is 1180. The summed E-state index contributed by atoms with van der Waals surface area (Å²) in [6, 6.07) is 19.7. The van der Waals surface area contributed by atoms with Crippen LogP contribution in [0.4, 0.5) is 5.69 Å². The van der Waals surface area contributed by atoms with Crippen LogP contribution in [0, 0.1) is 13.8 Å². The summed E-state index contributed by atoms with van der Waals surface area (Å²) in [4.78, 5) is 27.5. The van der Waals surface area contributed by atoms with E-state index < -0.39 is 17.7 Å². The van der Waals surface area contributed by atoms with Crippen molar-refractivity contribution in [2.45, 2.75) is 19.9 Å². The van der Waals surface area contributed by atoms with Crippen LogP contribution >= 0.6 is 0 Å². The molecule has 0 aliphatic carbocycles. The minimum Gasteiger partial charge on any atom is -0.508 e. The first kappa shape index (κ1) is 19.5. The molecule has 0 saturated carbocycles. The molecule has 0 aromatic heterocycles. The van der Waals surface area contributed by atoms with Crippen molar-refractivity contribution in [3.05, 3.63) is 101 Å². The number of phenols is 1. The van der Waals surface area contributed by atoms with Gasteiger partial charge in [-0.2, -0.15) is 0 Å². The molecule has 0 spiro atoms. The van der Waals surface area contributed by atoms with E-state index in [4.69, 9.17) is 0 Å². The number of nitrogens with zero attached hydrogens (tertiary/aromatic N) is 1. The van der Waals surface area contributed by atoms with E-state index in [1.54, 1.807) is 48.5 Å². The van der Waals surface area contributed by atoms with Crippen molar-refractivity contribution in [1.29, 1.82) is 0 Å². The molecule has 1 saturated heterocycles. The van der Waals surface area contributed by atoms with E-state index in [0.29, 0.717) is 16.8 Å². The predicted molar refractivity (Wildman–Crippen MR) is 115 cm³/mol. The number of aryl methyl sites for hydroxylation is 2. The highest BCUT2D eigenvalue weighted by molar-refractivity contribution is 6.51. The zero-order valence-corrected chi connectivity index (χ0v) is 16.7. The smallest absolute Gasteiger partial charge is 0.300 e. The third-order valence-electron chi connectivity index (χ3n) is 5.45. The maximum absolute atomic E-state index is 13.1. The number of rotatable bonds is 3. The number of hydrogen-bond donors (Lipinski definition) is 2. The van der Waals surface area contributed by atoms with Gasteiger partial charge in [0.1, 0.15) is 11.5 Å². The summed E-state index contributed by atoms with van der Waals surface area (Å²) in [6.45, 7) is 3.90. The van der Waals surface area contributed by atoms with E-state index in [2.05, 4.69) is 0 Å². The zero-order chi connectivity index (χ0) is 21.4. The van der Waals surface area contributed by atoms with Crippen LogP contribution in [0.25, 0.3) is 5.76 Å². The summed E-state index contributed by atoms with van der Waals surface area (Å²) in [6.07, 6.45) is 0. The van der Waals surface area contributed by atoms with Crippen molar-refractivity contribution in [2.24, 2.45) is 0 Å². The molecule has 1 fully saturated rings. The SMILES string of the molecule is Cc1ccc(N2C(=O)C(=O)/C(=C(/O)c3ccccc3)C2c2cccc(O)c2)cc1C. The van der Waals surface area contributed by atoms with Crippen molar-refractivity contribution in [3.63, 3.8) is 0 Å². The lowest BCUT2D eigenvalue weighted by molar-refractivity contribution is -0.132. The lowest BCUT2D eigenvalue weighted by Gasteiger charge is -2.26. The molecule has 1 unspecified atom stereocenters. The number of aromatic hydroxyl groups is 1. The zero-order valence-electron chi connectivity index (χ0n) is 16.7. The molecule has 1 atom stereocenters. The standard InChI is InChI=1S/C25H21NO4/c1-15-11-12-19(13-16(15)2)26-22(18-9-6-10-20(27)14-18)21(24(29)25(26)30)23(28)17-7-4-3-5-8-17/h3-14,22,27-28H,1-2H3/b23-21+. The van der Waals surface area contributed by atoms with Crippen molar-refractivity contribution in [1.82, 2.24) is 0 Å². The number of aliphatic hydroxyl groups is 1. The van der Waals surface area contributed by atoms with Gasteiger partial charge in [0, 0.05) is 11.3 Å². The van der Waals surface area contributed by atoms with Crippen molar-refractivity contribution in [3.8, 4) is 5.75 Å². The molecule has 0 radical (unpaired) electrons. The monoisotopic (exact) mass is 399 g/mol. The Hall–Kier alpha value is -3.86. The topological polar surface area (TPSA) is 77.8 Å². The summed E-state index contributed by atoms with van der Waals surface area (Å²) in [5, 5.41) is 21.0. The average molecular weight is 399 g/mol. The Kier molecular flexibility index (Phi) is 4.88. The fourth-order valence-corrected chi connectivity index (χ4v) is 3.74. The second kappa shape index (κ2) is 7.52. The average Bonchev–Trinajstić information content (AvgIpc) is 3.01. The van der Waals surface area contributed by atoms with Crippen LogP contribution in [0.5, 0.6) is 5.75 Å². The van der Waals surface area contributed by atoms with Crippen LogP contribution in [0.3, 0.4) is 0 Å². The molecule has 1 heterocycles. The van der Waals surface area contributed by atoms with Gasteiger partial charge < -0.3 is 10.2 Å². The van der Waals surface area contributed by atoms with Gasteiger partial charge in [0.05, 0.1) is 11.6 Å². The summed E-state index contributed by atoms with van der Waals surface area (Å²) in [5.41, 5.74) is 3.57. The van der Waals surface area contributed by atoms with Gasteiger partial charge in [-0.15, -0.1) is 0 Å². The van der Waals surface area contributed by atoms with E-state index in [-0.39, 0.29) is 17.1 Å². The van der Waals surface area contributed by atoms with Crippen molar-refractivity contribution in [2.75, 3.05) is 4.90 Å². The summed E-state index contributed by atoms with van der Waals surface area (Å²) in [7, 11) is 0. The van der Waals surface area contributed by atoms with Gasteiger partial charge in [0.15, 0.2) is 0 Å². The number of ketones is 1. The quantitative estimate of drug-likeness (QED) is 0.382. The Morgan fingerprint density at radius 2 is 1.60 bits per heavy atom. The number of amides is 1. The fraction of sp³-hybridized carbons (Fsp3) is 0.120. The van der Waals surface area contributed by atoms with Crippen LogP contribution < -0.4 is 4.90 Å². The number of Topliss-reactive ketones (excluding diaryl/α,β-unsaturated/α-hetero) is 1. The third kappa shape index (κ3) is 3.24. The molecule has 1 amide bonds. The molecular formula is C25H21NO4. The van der Waals surface area contributed by atoms with Crippen molar-refractivity contribution < 1.29 is 19.8 Å². The van der Waals surface area contributed by atoms with Gasteiger partial charge >= 0.3 is 0 Å². The highest BCUT2D eigenvalue weighted by Crippen LogP contribution is 2.43. The Morgan fingerprint density at radius 1 is 0.867 bits per heavy atom. The fourth-order valence-electron chi connectivity index (χ4n) is 3.74. The second-order valence-corrected chi connectivity index (χ2v) is 7.40. The van der Waals surface area contributed by atoms with E-state index in [0.717, 1.165) is 11.1 Å². The first-order valence-corrected chi connectivity index (χ1v) is 9.61.